The fourth-order valence-electron chi connectivity index (χ4n) is 3.15. The highest BCUT2D eigenvalue weighted by Crippen LogP contribution is 2.28. The lowest BCUT2D eigenvalue weighted by atomic mass is 10.1. The van der Waals surface area contributed by atoms with Gasteiger partial charge >= 0.3 is 0 Å². The van der Waals surface area contributed by atoms with E-state index in [1.165, 1.54) is 11.3 Å². The van der Waals surface area contributed by atoms with E-state index in [9.17, 15) is 5.26 Å². The predicted molar refractivity (Wildman–Crippen MR) is 73.0 cm³/mol. The van der Waals surface area contributed by atoms with Gasteiger partial charge in [0.05, 0.1) is 11.7 Å². The van der Waals surface area contributed by atoms with E-state index in [0.29, 0.717) is 17.7 Å². The van der Waals surface area contributed by atoms with Crippen LogP contribution in [-0.2, 0) is 17.6 Å². The maximum atomic E-state index is 9.27. The fraction of sp³-hybridized carbons (Fsp3) is 0.600. The molecule has 0 saturated heterocycles. The van der Waals surface area contributed by atoms with Crippen LogP contribution in [0, 0.1) is 11.3 Å². The zero-order chi connectivity index (χ0) is 13.2. The summed E-state index contributed by atoms with van der Waals surface area (Å²) in [5.74, 6) is 0.768. The van der Waals surface area contributed by atoms with Crippen LogP contribution in [0.25, 0.3) is 0 Å². The number of nitrogens with one attached hydrogen (secondary N) is 1. The Morgan fingerprint density at radius 2 is 2.32 bits per heavy atom. The van der Waals surface area contributed by atoms with Crippen molar-refractivity contribution in [2.45, 2.75) is 50.7 Å². The summed E-state index contributed by atoms with van der Waals surface area (Å²) in [7, 11) is 1.77. The zero-order valence-electron chi connectivity index (χ0n) is 11.3. The Labute approximate surface area is 113 Å². The number of rotatable bonds is 3. The van der Waals surface area contributed by atoms with Crippen molar-refractivity contribution in [1.29, 1.82) is 5.26 Å². The van der Waals surface area contributed by atoms with Crippen LogP contribution in [0.5, 0.6) is 0 Å². The van der Waals surface area contributed by atoms with Crippen LogP contribution in [0.15, 0.2) is 6.07 Å². The number of anilines is 1. The van der Waals surface area contributed by atoms with Gasteiger partial charge in [-0.05, 0) is 50.2 Å². The highest BCUT2D eigenvalue weighted by atomic mass is 16.5. The number of ether oxygens (including phenoxy) is 1. The van der Waals surface area contributed by atoms with Gasteiger partial charge in [-0.1, -0.05) is 0 Å². The van der Waals surface area contributed by atoms with E-state index < -0.39 is 0 Å². The highest BCUT2D eigenvalue weighted by Gasteiger charge is 2.26. The second-order valence-electron chi connectivity index (χ2n) is 5.47. The lowest BCUT2D eigenvalue weighted by Crippen LogP contribution is -2.19. The quantitative estimate of drug-likeness (QED) is 0.903. The molecule has 2 aliphatic carbocycles. The van der Waals surface area contributed by atoms with Crippen LogP contribution in [0.1, 0.15) is 42.5 Å². The first-order valence-electron chi connectivity index (χ1n) is 7.02. The van der Waals surface area contributed by atoms with Crippen LogP contribution in [-0.4, -0.2) is 24.2 Å². The van der Waals surface area contributed by atoms with Gasteiger partial charge in [-0.15, -0.1) is 0 Å². The molecule has 0 radical (unpaired) electrons. The van der Waals surface area contributed by atoms with Gasteiger partial charge in [-0.2, -0.15) is 5.26 Å². The summed E-state index contributed by atoms with van der Waals surface area (Å²) in [5.41, 5.74) is 3.10. The van der Waals surface area contributed by atoms with Crippen molar-refractivity contribution < 1.29 is 4.74 Å². The van der Waals surface area contributed by atoms with Crippen molar-refractivity contribution in [3.05, 3.63) is 22.9 Å². The summed E-state index contributed by atoms with van der Waals surface area (Å²) in [4.78, 5) is 4.66. The molecule has 3 rings (SSSR count). The Kier molecular flexibility index (Phi) is 3.39. The topological polar surface area (TPSA) is 57.9 Å². The second kappa shape index (κ2) is 5.18. The van der Waals surface area contributed by atoms with Gasteiger partial charge < -0.3 is 10.1 Å². The van der Waals surface area contributed by atoms with Crippen LogP contribution in [0.2, 0.25) is 0 Å². The average molecular weight is 257 g/mol. The van der Waals surface area contributed by atoms with Gasteiger partial charge in [0.25, 0.3) is 0 Å². The van der Waals surface area contributed by atoms with Gasteiger partial charge in [0, 0.05) is 18.8 Å². The van der Waals surface area contributed by atoms with Crippen LogP contribution in [0.3, 0.4) is 0 Å². The number of hydrogen-bond acceptors (Lipinski definition) is 4. The third-order valence-corrected chi connectivity index (χ3v) is 4.23. The molecular weight excluding hydrogens is 238 g/mol. The molecule has 4 nitrogen and oxygen atoms in total. The first-order chi connectivity index (χ1) is 9.30. The van der Waals surface area contributed by atoms with Gasteiger partial charge in [0.1, 0.15) is 11.9 Å². The number of aromatic nitrogens is 1. The first kappa shape index (κ1) is 12.4. The van der Waals surface area contributed by atoms with Gasteiger partial charge in [-0.25, -0.2) is 4.98 Å². The monoisotopic (exact) mass is 257 g/mol. The molecule has 0 aromatic carbocycles. The molecule has 0 spiro atoms. The van der Waals surface area contributed by atoms with Crippen molar-refractivity contribution in [2.75, 3.05) is 12.4 Å². The minimum Gasteiger partial charge on any atom is -0.381 e. The van der Waals surface area contributed by atoms with E-state index in [1.807, 2.05) is 6.07 Å². The number of nitrogens with zero attached hydrogens (tertiary/aromatic N) is 2. The molecule has 1 N–H and O–H groups in total. The number of hydrogen-bond donors (Lipinski definition) is 1. The molecule has 2 unspecified atom stereocenters. The largest absolute Gasteiger partial charge is 0.381 e. The Morgan fingerprint density at radius 3 is 3.05 bits per heavy atom. The van der Waals surface area contributed by atoms with Crippen molar-refractivity contribution in [2.24, 2.45) is 0 Å². The van der Waals surface area contributed by atoms with Crippen molar-refractivity contribution >= 4 is 5.82 Å². The summed E-state index contributed by atoms with van der Waals surface area (Å²) >= 11 is 0. The third-order valence-electron chi connectivity index (χ3n) is 4.23. The summed E-state index contributed by atoms with van der Waals surface area (Å²) in [5, 5.41) is 12.7. The molecule has 0 amide bonds. The normalized spacial score (nSPS) is 25.1. The van der Waals surface area contributed by atoms with E-state index in [2.05, 4.69) is 16.4 Å². The van der Waals surface area contributed by atoms with Gasteiger partial charge in [0.2, 0.25) is 0 Å². The Morgan fingerprint density at radius 1 is 1.42 bits per heavy atom. The molecular formula is C15H19N3O. The molecule has 2 atom stereocenters. The number of methoxy groups -OCH3 is 1. The lowest BCUT2D eigenvalue weighted by Gasteiger charge is -2.15. The second-order valence-corrected chi connectivity index (χ2v) is 5.47. The molecule has 1 saturated carbocycles. The summed E-state index contributed by atoms with van der Waals surface area (Å²) in [6.07, 6.45) is 6.78. The Bertz CT molecular complexity index is 521. The van der Waals surface area contributed by atoms with E-state index in [4.69, 9.17) is 4.74 Å². The molecule has 1 heterocycles. The minimum absolute atomic E-state index is 0.345. The summed E-state index contributed by atoms with van der Waals surface area (Å²) < 4.78 is 5.38. The fourth-order valence-corrected chi connectivity index (χ4v) is 3.15. The highest BCUT2D eigenvalue weighted by molar-refractivity contribution is 5.55. The van der Waals surface area contributed by atoms with Crippen molar-refractivity contribution in [1.82, 2.24) is 4.98 Å². The van der Waals surface area contributed by atoms with Crippen molar-refractivity contribution in [3.8, 4) is 6.07 Å². The third kappa shape index (κ3) is 2.43. The van der Waals surface area contributed by atoms with E-state index in [-0.39, 0.29) is 0 Å². The van der Waals surface area contributed by atoms with Crippen LogP contribution in [0.4, 0.5) is 5.82 Å². The number of pyridine rings is 1. The van der Waals surface area contributed by atoms with Crippen molar-refractivity contribution in [3.63, 3.8) is 0 Å². The molecule has 4 heteroatoms. The molecule has 1 aromatic rings. The molecule has 0 bridgehead atoms. The summed E-state index contributed by atoms with van der Waals surface area (Å²) in [6, 6.07) is 4.66. The van der Waals surface area contributed by atoms with Gasteiger partial charge in [-0.3, -0.25) is 0 Å². The van der Waals surface area contributed by atoms with E-state index >= 15 is 0 Å². The molecule has 0 aliphatic heterocycles. The molecule has 1 aromatic heterocycles. The lowest BCUT2D eigenvalue weighted by molar-refractivity contribution is 0.108. The van der Waals surface area contributed by atoms with E-state index in [1.54, 1.807) is 7.11 Å². The van der Waals surface area contributed by atoms with Crippen LogP contribution < -0.4 is 5.32 Å². The number of nitriles is 1. The van der Waals surface area contributed by atoms with E-state index in [0.717, 1.165) is 44.3 Å². The molecule has 1 fully saturated rings. The number of aryl methyl sites for hydroxylation is 2. The Hall–Kier alpha value is -1.60. The predicted octanol–water partition coefficient (Wildman–Crippen LogP) is 2.42. The molecule has 100 valence electrons. The Balaban J connectivity index is 1.79. The number of fused-ring (bicyclic) bond motifs is 1. The smallest absolute Gasteiger partial charge is 0.144 e. The van der Waals surface area contributed by atoms with Crippen LogP contribution >= 0.6 is 0 Å². The standard InChI is InChI=1S/C15H19N3O/c1-19-13-6-5-12(8-13)17-15-11(9-16)7-10-3-2-4-14(10)18-15/h7,12-13H,2-6,8H2,1H3,(H,17,18). The SMILES string of the molecule is COC1CCC(Nc2nc3c(cc2C#N)CCC3)C1. The maximum absolute atomic E-state index is 9.27. The zero-order valence-corrected chi connectivity index (χ0v) is 11.3. The maximum Gasteiger partial charge on any atom is 0.144 e. The molecule has 2 aliphatic rings. The first-order valence-corrected chi connectivity index (χ1v) is 7.02. The average Bonchev–Trinajstić information content (AvgIpc) is 3.06. The minimum atomic E-state index is 0.345. The summed E-state index contributed by atoms with van der Waals surface area (Å²) in [6.45, 7) is 0. The van der Waals surface area contributed by atoms with Gasteiger partial charge in [0.15, 0.2) is 0 Å². The molecule has 19 heavy (non-hydrogen) atoms.